The van der Waals surface area contributed by atoms with Gasteiger partial charge in [0.2, 0.25) is 11.8 Å². The van der Waals surface area contributed by atoms with E-state index in [0.717, 1.165) is 4.90 Å². The monoisotopic (exact) mass is 264 g/mol. The molecule has 2 N–H and O–H groups in total. The van der Waals surface area contributed by atoms with E-state index in [-0.39, 0.29) is 5.41 Å². The van der Waals surface area contributed by atoms with Crippen molar-refractivity contribution < 1.29 is 4.42 Å². The highest BCUT2D eigenvalue weighted by atomic mass is 32.2. The van der Waals surface area contributed by atoms with E-state index in [1.54, 1.807) is 24.0 Å². The first kappa shape index (κ1) is 12.9. The zero-order valence-corrected chi connectivity index (χ0v) is 11.5. The zero-order chi connectivity index (χ0) is 13.2. The highest BCUT2D eigenvalue weighted by Gasteiger charge is 2.21. The maximum Gasteiger partial charge on any atom is 0.226 e. The van der Waals surface area contributed by atoms with Gasteiger partial charge in [-0.05, 0) is 12.1 Å². The van der Waals surface area contributed by atoms with Crippen LogP contribution in [0.1, 0.15) is 32.6 Å². The molecule has 5 nitrogen and oxygen atoms in total. The number of pyridine rings is 1. The second-order valence-electron chi connectivity index (χ2n) is 4.96. The Bertz CT molecular complexity index is 516. The van der Waals surface area contributed by atoms with Gasteiger partial charge in [0.05, 0.1) is 5.75 Å². The quantitative estimate of drug-likeness (QED) is 0.859. The fourth-order valence-electron chi connectivity index (χ4n) is 1.24. The van der Waals surface area contributed by atoms with Crippen molar-refractivity contribution in [2.75, 3.05) is 5.73 Å². The Balaban J connectivity index is 1.98. The summed E-state index contributed by atoms with van der Waals surface area (Å²) in [6, 6.07) is 3.70. The third-order valence-electron chi connectivity index (χ3n) is 2.23. The molecule has 0 bridgehead atoms. The largest absolute Gasteiger partial charge is 0.424 e. The van der Waals surface area contributed by atoms with Crippen molar-refractivity contribution in [2.45, 2.75) is 36.8 Å². The zero-order valence-electron chi connectivity index (χ0n) is 10.7. The van der Waals surface area contributed by atoms with Crippen molar-refractivity contribution in [3.05, 3.63) is 30.1 Å². The van der Waals surface area contributed by atoms with Gasteiger partial charge in [-0.2, -0.15) is 0 Å². The molecule has 0 radical (unpaired) electrons. The lowest BCUT2D eigenvalue weighted by atomic mass is 9.97. The lowest BCUT2D eigenvalue weighted by molar-refractivity contribution is 0.378. The highest BCUT2D eigenvalue weighted by Crippen LogP contribution is 2.25. The Morgan fingerprint density at radius 2 is 2.06 bits per heavy atom. The van der Waals surface area contributed by atoms with Crippen molar-refractivity contribution in [1.82, 2.24) is 15.2 Å². The van der Waals surface area contributed by atoms with E-state index >= 15 is 0 Å². The summed E-state index contributed by atoms with van der Waals surface area (Å²) in [5.41, 5.74) is 5.41. The van der Waals surface area contributed by atoms with Crippen molar-refractivity contribution in [3.63, 3.8) is 0 Å². The van der Waals surface area contributed by atoms with Crippen LogP contribution in [0.4, 0.5) is 5.82 Å². The van der Waals surface area contributed by atoms with Gasteiger partial charge < -0.3 is 10.2 Å². The predicted molar refractivity (Wildman–Crippen MR) is 71.2 cm³/mol. The van der Waals surface area contributed by atoms with Crippen molar-refractivity contribution in [3.8, 4) is 0 Å². The summed E-state index contributed by atoms with van der Waals surface area (Å²) < 4.78 is 5.61. The van der Waals surface area contributed by atoms with Crippen LogP contribution in [-0.2, 0) is 11.2 Å². The molecule has 2 rings (SSSR count). The summed E-state index contributed by atoms with van der Waals surface area (Å²) in [5, 5.41) is 8.08. The van der Waals surface area contributed by atoms with Crippen LogP contribution in [0.25, 0.3) is 0 Å². The molecular formula is C12H16N4OS. The Kier molecular flexibility index (Phi) is 3.56. The summed E-state index contributed by atoms with van der Waals surface area (Å²) in [6.45, 7) is 6.13. The van der Waals surface area contributed by atoms with E-state index in [4.69, 9.17) is 10.2 Å². The second-order valence-corrected chi connectivity index (χ2v) is 6.01. The molecule has 0 aliphatic heterocycles. The van der Waals surface area contributed by atoms with Gasteiger partial charge in [0.25, 0.3) is 0 Å². The molecule has 0 atom stereocenters. The molecule has 0 aliphatic rings. The van der Waals surface area contributed by atoms with E-state index in [1.807, 2.05) is 26.8 Å². The van der Waals surface area contributed by atoms with Crippen LogP contribution in [0.15, 0.2) is 27.6 Å². The summed E-state index contributed by atoms with van der Waals surface area (Å²) in [4.78, 5) is 5.05. The Morgan fingerprint density at radius 3 is 2.61 bits per heavy atom. The van der Waals surface area contributed by atoms with Crippen LogP contribution in [0.2, 0.25) is 0 Å². The Hall–Kier alpha value is -1.56. The third-order valence-corrected chi connectivity index (χ3v) is 3.20. The number of anilines is 1. The van der Waals surface area contributed by atoms with E-state index in [9.17, 15) is 0 Å². The lowest BCUT2D eigenvalue weighted by Crippen LogP contribution is -2.11. The van der Waals surface area contributed by atoms with E-state index < -0.39 is 0 Å². The van der Waals surface area contributed by atoms with Crippen LogP contribution < -0.4 is 5.73 Å². The molecule has 6 heteroatoms. The summed E-state index contributed by atoms with van der Waals surface area (Å²) in [5.74, 6) is 2.44. The van der Waals surface area contributed by atoms with Gasteiger partial charge in [-0.1, -0.05) is 20.8 Å². The summed E-state index contributed by atoms with van der Waals surface area (Å²) in [7, 11) is 0. The van der Waals surface area contributed by atoms with Crippen molar-refractivity contribution >= 4 is 17.6 Å². The molecule has 0 fully saturated rings. The van der Waals surface area contributed by atoms with Crippen molar-refractivity contribution in [1.29, 1.82) is 0 Å². The summed E-state index contributed by atoms with van der Waals surface area (Å²) in [6.07, 6.45) is 1.74. The van der Waals surface area contributed by atoms with Gasteiger partial charge in [-0.25, -0.2) is 4.98 Å². The number of hydrogen-bond donors (Lipinski definition) is 1. The Labute approximate surface area is 110 Å². The first-order chi connectivity index (χ1) is 8.45. The molecule has 2 heterocycles. The Morgan fingerprint density at radius 1 is 1.28 bits per heavy atom. The van der Waals surface area contributed by atoms with Crippen LogP contribution in [0.5, 0.6) is 0 Å². The number of thioether (sulfide) groups is 1. The van der Waals surface area contributed by atoms with Gasteiger partial charge in [0, 0.05) is 16.5 Å². The van der Waals surface area contributed by atoms with Crippen LogP contribution in [-0.4, -0.2) is 15.2 Å². The smallest absolute Gasteiger partial charge is 0.226 e. The lowest BCUT2D eigenvalue weighted by Gasteiger charge is -2.10. The number of hydrogen-bond acceptors (Lipinski definition) is 6. The fraction of sp³-hybridized carbons (Fsp3) is 0.417. The van der Waals surface area contributed by atoms with Crippen molar-refractivity contribution in [2.24, 2.45) is 0 Å². The number of nitrogens with two attached hydrogens (primary N) is 1. The molecule has 0 amide bonds. The molecule has 0 saturated carbocycles. The van der Waals surface area contributed by atoms with Gasteiger partial charge in [-0.15, -0.1) is 22.0 Å². The first-order valence-corrected chi connectivity index (χ1v) is 6.61. The molecule has 2 aromatic heterocycles. The summed E-state index contributed by atoms with van der Waals surface area (Å²) >= 11 is 1.59. The van der Waals surface area contributed by atoms with Crippen LogP contribution in [0.3, 0.4) is 0 Å². The topological polar surface area (TPSA) is 77.8 Å². The molecule has 0 aliphatic carbocycles. The average Bonchev–Trinajstić information content (AvgIpc) is 2.77. The first-order valence-electron chi connectivity index (χ1n) is 5.62. The number of rotatable bonds is 3. The van der Waals surface area contributed by atoms with E-state index in [2.05, 4.69) is 15.2 Å². The maximum atomic E-state index is 5.61. The van der Waals surface area contributed by atoms with Gasteiger partial charge >= 0.3 is 0 Å². The minimum absolute atomic E-state index is 0.112. The molecule has 0 aromatic carbocycles. The number of nitrogen functional groups attached to an aromatic ring is 1. The van der Waals surface area contributed by atoms with Crippen LogP contribution in [0, 0.1) is 0 Å². The van der Waals surface area contributed by atoms with Gasteiger partial charge in [-0.3, -0.25) is 0 Å². The molecule has 96 valence electrons. The van der Waals surface area contributed by atoms with Gasteiger partial charge in [0.1, 0.15) is 5.82 Å². The van der Waals surface area contributed by atoms with Crippen LogP contribution >= 0.6 is 11.8 Å². The average molecular weight is 264 g/mol. The normalized spacial score (nSPS) is 11.7. The van der Waals surface area contributed by atoms with E-state index in [1.165, 1.54) is 0 Å². The van der Waals surface area contributed by atoms with E-state index in [0.29, 0.717) is 23.4 Å². The third kappa shape index (κ3) is 3.22. The molecule has 18 heavy (non-hydrogen) atoms. The number of aromatic nitrogens is 3. The number of nitrogens with zero attached hydrogens (tertiary/aromatic N) is 3. The molecule has 2 aromatic rings. The minimum Gasteiger partial charge on any atom is -0.424 e. The molecular weight excluding hydrogens is 248 g/mol. The SMILES string of the molecule is CC(C)(C)c1nnc(CSc2ccc(N)nc2)o1. The second kappa shape index (κ2) is 4.97. The molecule has 0 saturated heterocycles. The standard InChI is InChI=1S/C12H16N4OS/c1-12(2,3)11-16-15-10(17-11)7-18-8-4-5-9(13)14-6-8/h4-6H,7H2,1-3H3,(H2,13,14). The predicted octanol–water partition coefficient (Wildman–Crippen LogP) is 2.64. The van der Waals surface area contributed by atoms with Gasteiger partial charge in [0.15, 0.2) is 0 Å². The minimum atomic E-state index is -0.112. The maximum absolute atomic E-state index is 5.61. The molecule has 0 spiro atoms. The highest BCUT2D eigenvalue weighted by molar-refractivity contribution is 7.98. The fourth-order valence-corrected chi connectivity index (χ4v) is 1.94. The molecule has 0 unspecified atom stereocenters.